The van der Waals surface area contributed by atoms with Crippen LogP contribution in [0, 0.1) is 3.70 Å². The zero-order valence-electron chi connectivity index (χ0n) is 10.2. The first-order valence-electron chi connectivity index (χ1n) is 6.17. The molecule has 1 fully saturated rings. The molecule has 1 heterocycles. The van der Waals surface area contributed by atoms with Crippen LogP contribution in [0.15, 0.2) is 18.3 Å². The monoisotopic (exact) mass is 346 g/mol. The third-order valence-electron chi connectivity index (χ3n) is 3.36. The zero-order valence-corrected chi connectivity index (χ0v) is 12.3. The van der Waals surface area contributed by atoms with Crippen LogP contribution in [-0.4, -0.2) is 24.2 Å². The summed E-state index contributed by atoms with van der Waals surface area (Å²) in [5.41, 5.74) is 1.17. The van der Waals surface area contributed by atoms with Crippen molar-refractivity contribution in [3.8, 4) is 0 Å². The molecule has 4 heteroatoms. The van der Waals surface area contributed by atoms with Gasteiger partial charge in [-0.2, -0.15) is 0 Å². The Morgan fingerprint density at radius 2 is 2.12 bits per heavy atom. The summed E-state index contributed by atoms with van der Waals surface area (Å²) in [5.74, 6) is 0. The first-order valence-corrected chi connectivity index (χ1v) is 7.25. The lowest BCUT2D eigenvalue weighted by Crippen LogP contribution is -2.32. The summed E-state index contributed by atoms with van der Waals surface area (Å²) in [6.45, 7) is 0.693. The summed E-state index contributed by atoms with van der Waals surface area (Å²) >= 11 is 2.22. The number of nitrogens with zero attached hydrogens (tertiary/aromatic N) is 1. The van der Waals surface area contributed by atoms with Crippen LogP contribution in [-0.2, 0) is 11.3 Å². The van der Waals surface area contributed by atoms with Crippen LogP contribution in [0.4, 0.5) is 0 Å². The van der Waals surface area contributed by atoms with E-state index in [1.54, 1.807) is 0 Å². The van der Waals surface area contributed by atoms with Gasteiger partial charge in [0.1, 0.15) is 3.70 Å². The molecule has 1 aliphatic rings. The number of rotatable bonds is 4. The summed E-state index contributed by atoms with van der Waals surface area (Å²) in [7, 11) is 2.04. The average Bonchev–Trinajstić information content (AvgIpc) is 2.39. The molecule has 1 N–H and O–H groups in total. The highest BCUT2D eigenvalue weighted by Gasteiger charge is 2.20. The minimum atomic E-state index is 0.430. The lowest BCUT2D eigenvalue weighted by molar-refractivity contribution is 0.0117. The van der Waals surface area contributed by atoms with Crippen molar-refractivity contribution in [1.82, 2.24) is 10.3 Å². The van der Waals surface area contributed by atoms with E-state index >= 15 is 0 Å². The molecule has 17 heavy (non-hydrogen) atoms. The molecule has 0 radical (unpaired) electrons. The summed E-state index contributed by atoms with van der Waals surface area (Å²) in [6.07, 6.45) is 7.13. The average molecular weight is 346 g/mol. The molecule has 2 rings (SSSR count). The number of pyridine rings is 1. The largest absolute Gasteiger partial charge is 0.373 e. The molecule has 1 aromatic rings. The van der Waals surface area contributed by atoms with Gasteiger partial charge in [0.05, 0.1) is 12.7 Å². The molecule has 94 valence electrons. The first kappa shape index (κ1) is 13.2. The van der Waals surface area contributed by atoms with E-state index in [0.717, 1.165) is 3.70 Å². The molecule has 0 aliphatic heterocycles. The summed E-state index contributed by atoms with van der Waals surface area (Å²) < 4.78 is 6.96. The van der Waals surface area contributed by atoms with E-state index in [0.29, 0.717) is 18.8 Å². The van der Waals surface area contributed by atoms with Gasteiger partial charge < -0.3 is 10.1 Å². The van der Waals surface area contributed by atoms with Crippen molar-refractivity contribution in [2.45, 2.75) is 44.4 Å². The highest BCUT2D eigenvalue weighted by Crippen LogP contribution is 2.21. The highest BCUT2D eigenvalue weighted by atomic mass is 127. The first-order chi connectivity index (χ1) is 8.28. The smallest absolute Gasteiger partial charge is 0.101 e. The minimum Gasteiger partial charge on any atom is -0.373 e. The second kappa shape index (κ2) is 6.66. The van der Waals surface area contributed by atoms with Crippen molar-refractivity contribution in [2.24, 2.45) is 0 Å². The standard InChI is InChI=1S/C13H19IN2O/c1-15-11-3-5-12(6-4-11)17-9-10-2-7-13(14)16-8-10/h2,7-8,11-12,15H,3-6,9H2,1H3. The van der Waals surface area contributed by atoms with Crippen LogP contribution in [0.25, 0.3) is 0 Å². The Bertz CT molecular complexity index is 334. The number of halogens is 1. The second-order valence-corrected chi connectivity index (χ2v) is 5.67. The van der Waals surface area contributed by atoms with Crippen molar-refractivity contribution >= 4 is 22.6 Å². The quantitative estimate of drug-likeness (QED) is 0.673. The van der Waals surface area contributed by atoms with Crippen LogP contribution in [0.2, 0.25) is 0 Å². The predicted octanol–water partition coefficient (Wildman–Crippen LogP) is 2.73. The lowest BCUT2D eigenvalue weighted by atomic mass is 9.93. The van der Waals surface area contributed by atoms with Crippen LogP contribution in [0.1, 0.15) is 31.2 Å². The van der Waals surface area contributed by atoms with Crippen molar-refractivity contribution in [2.75, 3.05) is 7.05 Å². The van der Waals surface area contributed by atoms with E-state index in [1.807, 2.05) is 19.3 Å². The number of hydrogen-bond acceptors (Lipinski definition) is 3. The fraction of sp³-hybridized carbons (Fsp3) is 0.615. The van der Waals surface area contributed by atoms with E-state index in [9.17, 15) is 0 Å². The molecular formula is C13H19IN2O. The Labute approximate surface area is 116 Å². The van der Waals surface area contributed by atoms with Crippen LogP contribution in [0.3, 0.4) is 0 Å². The van der Waals surface area contributed by atoms with Gasteiger partial charge in [0.15, 0.2) is 0 Å². The molecule has 0 saturated heterocycles. The Kier molecular flexibility index (Phi) is 5.18. The second-order valence-electron chi connectivity index (χ2n) is 4.56. The van der Waals surface area contributed by atoms with Gasteiger partial charge in [0.25, 0.3) is 0 Å². The number of ether oxygens (including phenoxy) is 1. The third kappa shape index (κ3) is 4.19. The van der Waals surface area contributed by atoms with Gasteiger partial charge in [-0.15, -0.1) is 0 Å². The maximum absolute atomic E-state index is 5.93. The van der Waals surface area contributed by atoms with E-state index in [1.165, 1.54) is 31.2 Å². The topological polar surface area (TPSA) is 34.1 Å². The Morgan fingerprint density at radius 1 is 1.35 bits per heavy atom. The molecule has 1 aliphatic carbocycles. The van der Waals surface area contributed by atoms with Crippen molar-refractivity contribution in [3.63, 3.8) is 0 Å². The maximum atomic E-state index is 5.93. The van der Waals surface area contributed by atoms with Gasteiger partial charge in [0.2, 0.25) is 0 Å². The molecule has 0 spiro atoms. The maximum Gasteiger partial charge on any atom is 0.101 e. The van der Waals surface area contributed by atoms with Gasteiger partial charge in [0, 0.05) is 12.2 Å². The summed E-state index contributed by atoms with van der Waals surface area (Å²) in [6, 6.07) is 4.81. The number of nitrogens with one attached hydrogen (secondary N) is 1. The third-order valence-corrected chi connectivity index (χ3v) is 3.99. The van der Waals surface area contributed by atoms with Gasteiger partial charge in [-0.3, -0.25) is 0 Å². The van der Waals surface area contributed by atoms with Crippen LogP contribution < -0.4 is 5.32 Å². The lowest BCUT2D eigenvalue weighted by Gasteiger charge is -2.28. The van der Waals surface area contributed by atoms with Crippen LogP contribution in [0.5, 0.6) is 0 Å². The van der Waals surface area contributed by atoms with E-state index < -0.39 is 0 Å². The van der Waals surface area contributed by atoms with Crippen LogP contribution >= 0.6 is 22.6 Å². The zero-order chi connectivity index (χ0) is 12.1. The van der Waals surface area contributed by atoms with E-state index in [2.05, 4.69) is 39.0 Å². The molecule has 0 aromatic carbocycles. The van der Waals surface area contributed by atoms with Crippen molar-refractivity contribution in [1.29, 1.82) is 0 Å². The predicted molar refractivity (Wildman–Crippen MR) is 76.8 cm³/mol. The highest BCUT2D eigenvalue weighted by molar-refractivity contribution is 14.1. The molecule has 1 saturated carbocycles. The SMILES string of the molecule is CNC1CCC(OCc2ccc(I)nc2)CC1. The fourth-order valence-corrected chi connectivity index (χ4v) is 2.54. The normalized spacial score (nSPS) is 24.8. The summed E-state index contributed by atoms with van der Waals surface area (Å²) in [4.78, 5) is 4.26. The Hall–Kier alpha value is -0.200. The Balaban J connectivity index is 1.74. The van der Waals surface area contributed by atoms with Gasteiger partial charge in [-0.25, -0.2) is 4.98 Å². The molecule has 0 bridgehead atoms. The number of aromatic nitrogens is 1. The van der Waals surface area contributed by atoms with Gasteiger partial charge in [-0.05, 0) is 67.0 Å². The molecule has 1 aromatic heterocycles. The minimum absolute atomic E-state index is 0.430. The van der Waals surface area contributed by atoms with Gasteiger partial charge >= 0.3 is 0 Å². The van der Waals surface area contributed by atoms with E-state index in [4.69, 9.17) is 4.74 Å². The molecule has 0 amide bonds. The number of hydrogen-bond donors (Lipinski definition) is 1. The van der Waals surface area contributed by atoms with Crippen molar-refractivity contribution < 1.29 is 4.74 Å². The fourth-order valence-electron chi connectivity index (χ4n) is 2.22. The molecule has 3 nitrogen and oxygen atoms in total. The molecular weight excluding hydrogens is 327 g/mol. The van der Waals surface area contributed by atoms with E-state index in [-0.39, 0.29) is 0 Å². The Morgan fingerprint density at radius 3 is 2.71 bits per heavy atom. The molecule has 0 atom stereocenters. The van der Waals surface area contributed by atoms with Gasteiger partial charge in [-0.1, -0.05) is 6.07 Å². The molecule has 0 unspecified atom stereocenters. The van der Waals surface area contributed by atoms with Crippen molar-refractivity contribution in [3.05, 3.63) is 27.6 Å². The summed E-state index contributed by atoms with van der Waals surface area (Å²) in [5, 5.41) is 3.34.